The molecule has 1 atom stereocenters. The van der Waals surface area contributed by atoms with Gasteiger partial charge in [-0.1, -0.05) is 0 Å². The second kappa shape index (κ2) is 4.75. The molecule has 0 aliphatic carbocycles. The average Bonchev–Trinajstić information content (AvgIpc) is 2.77. The van der Waals surface area contributed by atoms with Crippen LogP contribution in [-0.4, -0.2) is 44.5 Å². The highest BCUT2D eigenvalue weighted by molar-refractivity contribution is 7.99. The molecule has 6 heteroatoms. The topological polar surface area (TPSA) is 70.5 Å². The van der Waals surface area contributed by atoms with Crippen molar-refractivity contribution < 1.29 is 14.7 Å². The molecular weight excluding hydrogens is 240 g/mol. The number of amides is 1. The number of hydrogen-bond donors (Lipinski definition) is 1. The van der Waals surface area contributed by atoms with Crippen LogP contribution in [0.1, 0.15) is 16.1 Å². The SMILES string of the molecule is Cc1cc(C(=O)N2CSCC2C(=O)O)ccn1. The molecule has 90 valence electrons. The molecule has 0 saturated carbocycles. The van der Waals surface area contributed by atoms with Crippen LogP contribution in [0.3, 0.4) is 0 Å². The molecular formula is C11H12N2O3S. The predicted molar refractivity (Wildman–Crippen MR) is 63.9 cm³/mol. The van der Waals surface area contributed by atoms with Crippen LogP contribution in [0.25, 0.3) is 0 Å². The zero-order valence-corrected chi connectivity index (χ0v) is 10.1. The summed E-state index contributed by atoms with van der Waals surface area (Å²) in [6.45, 7) is 1.80. The van der Waals surface area contributed by atoms with Gasteiger partial charge >= 0.3 is 5.97 Å². The number of thioether (sulfide) groups is 1. The molecule has 1 aromatic rings. The third kappa shape index (κ3) is 2.41. The van der Waals surface area contributed by atoms with Crippen LogP contribution >= 0.6 is 11.8 Å². The molecule has 0 spiro atoms. The zero-order chi connectivity index (χ0) is 12.4. The summed E-state index contributed by atoms with van der Waals surface area (Å²) >= 11 is 1.45. The predicted octanol–water partition coefficient (Wildman–Crippen LogP) is 0.990. The Bertz CT molecular complexity index is 464. The lowest BCUT2D eigenvalue weighted by molar-refractivity contribution is -0.140. The fourth-order valence-corrected chi connectivity index (χ4v) is 2.84. The minimum Gasteiger partial charge on any atom is -0.480 e. The van der Waals surface area contributed by atoms with Gasteiger partial charge in [-0.3, -0.25) is 9.78 Å². The van der Waals surface area contributed by atoms with Crippen molar-refractivity contribution in [1.82, 2.24) is 9.88 Å². The largest absolute Gasteiger partial charge is 0.480 e. The van der Waals surface area contributed by atoms with Crippen LogP contribution in [0.15, 0.2) is 18.3 Å². The van der Waals surface area contributed by atoms with Crippen LogP contribution in [0.2, 0.25) is 0 Å². The molecule has 2 rings (SSSR count). The van der Waals surface area contributed by atoms with Crippen molar-refractivity contribution >= 4 is 23.6 Å². The van der Waals surface area contributed by atoms with E-state index in [1.807, 2.05) is 0 Å². The summed E-state index contributed by atoms with van der Waals surface area (Å²) in [4.78, 5) is 28.5. The van der Waals surface area contributed by atoms with Gasteiger partial charge in [-0.25, -0.2) is 4.79 Å². The first-order valence-electron chi connectivity index (χ1n) is 5.14. The number of hydrogen-bond acceptors (Lipinski definition) is 4. The summed E-state index contributed by atoms with van der Waals surface area (Å²) in [6, 6.07) is 2.56. The zero-order valence-electron chi connectivity index (χ0n) is 9.29. The van der Waals surface area contributed by atoms with Crippen molar-refractivity contribution in [2.75, 3.05) is 11.6 Å². The summed E-state index contributed by atoms with van der Waals surface area (Å²) < 4.78 is 0. The first-order chi connectivity index (χ1) is 8.09. The van der Waals surface area contributed by atoms with Gasteiger partial charge in [0.1, 0.15) is 6.04 Å². The highest BCUT2D eigenvalue weighted by Gasteiger charge is 2.34. The van der Waals surface area contributed by atoms with E-state index >= 15 is 0 Å². The van der Waals surface area contributed by atoms with Crippen molar-refractivity contribution in [3.8, 4) is 0 Å². The number of pyridine rings is 1. The molecule has 1 aromatic heterocycles. The van der Waals surface area contributed by atoms with Crippen molar-refractivity contribution in [2.24, 2.45) is 0 Å². The van der Waals surface area contributed by atoms with E-state index in [-0.39, 0.29) is 5.91 Å². The van der Waals surface area contributed by atoms with Gasteiger partial charge < -0.3 is 10.0 Å². The number of rotatable bonds is 2. The smallest absolute Gasteiger partial charge is 0.327 e. The standard InChI is InChI=1S/C11H12N2O3S/c1-7-4-8(2-3-12-7)10(14)13-6-17-5-9(13)11(15)16/h2-4,9H,5-6H2,1H3,(H,15,16). The van der Waals surface area contributed by atoms with E-state index in [1.165, 1.54) is 16.7 Å². The Morgan fingerprint density at radius 2 is 2.35 bits per heavy atom. The molecule has 5 nitrogen and oxygen atoms in total. The Morgan fingerprint density at radius 3 is 3.00 bits per heavy atom. The molecule has 1 saturated heterocycles. The Balaban J connectivity index is 2.23. The maximum absolute atomic E-state index is 12.1. The highest BCUT2D eigenvalue weighted by Crippen LogP contribution is 2.23. The highest BCUT2D eigenvalue weighted by atomic mass is 32.2. The summed E-state index contributed by atoms with van der Waals surface area (Å²) in [7, 11) is 0. The van der Waals surface area contributed by atoms with Gasteiger partial charge in [-0.15, -0.1) is 11.8 Å². The van der Waals surface area contributed by atoms with Gasteiger partial charge in [-0.2, -0.15) is 0 Å². The monoisotopic (exact) mass is 252 g/mol. The number of carbonyl (C=O) groups excluding carboxylic acids is 1. The lowest BCUT2D eigenvalue weighted by atomic mass is 10.2. The molecule has 1 N–H and O–H groups in total. The number of aliphatic carboxylic acids is 1. The molecule has 0 radical (unpaired) electrons. The molecule has 1 unspecified atom stereocenters. The first kappa shape index (κ1) is 11.9. The average molecular weight is 252 g/mol. The van der Waals surface area contributed by atoms with Crippen molar-refractivity contribution in [3.05, 3.63) is 29.6 Å². The van der Waals surface area contributed by atoms with Gasteiger partial charge in [0.25, 0.3) is 5.91 Å². The lowest BCUT2D eigenvalue weighted by Gasteiger charge is -2.20. The maximum atomic E-state index is 12.1. The van der Waals surface area contributed by atoms with Crippen LogP contribution < -0.4 is 0 Å². The van der Waals surface area contributed by atoms with Crippen LogP contribution in [0.4, 0.5) is 0 Å². The Hall–Kier alpha value is -1.56. The van der Waals surface area contributed by atoms with E-state index in [4.69, 9.17) is 5.11 Å². The molecule has 1 aliphatic rings. The van der Waals surface area contributed by atoms with Gasteiger partial charge in [0.05, 0.1) is 5.88 Å². The van der Waals surface area contributed by atoms with Crippen molar-refractivity contribution in [2.45, 2.75) is 13.0 Å². The molecule has 17 heavy (non-hydrogen) atoms. The van der Waals surface area contributed by atoms with E-state index in [1.54, 1.807) is 25.3 Å². The second-order valence-corrected chi connectivity index (χ2v) is 4.81. The molecule has 2 heterocycles. The number of carbonyl (C=O) groups is 2. The fourth-order valence-electron chi connectivity index (χ4n) is 1.69. The van der Waals surface area contributed by atoms with E-state index in [0.29, 0.717) is 17.2 Å². The number of carboxylic acids is 1. The molecule has 1 amide bonds. The third-order valence-electron chi connectivity index (χ3n) is 2.57. The number of carboxylic acid groups (broad SMARTS) is 1. The third-order valence-corrected chi connectivity index (χ3v) is 3.58. The van der Waals surface area contributed by atoms with Crippen LogP contribution in [0.5, 0.6) is 0 Å². The van der Waals surface area contributed by atoms with E-state index in [2.05, 4.69) is 4.98 Å². The summed E-state index contributed by atoms with van der Waals surface area (Å²) in [6.07, 6.45) is 1.56. The molecule has 0 aromatic carbocycles. The Labute approximate surface area is 103 Å². The minimum absolute atomic E-state index is 0.243. The maximum Gasteiger partial charge on any atom is 0.327 e. The van der Waals surface area contributed by atoms with Gasteiger partial charge in [-0.05, 0) is 19.1 Å². The number of aryl methyl sites for hydroxylation is 1. The Kier molecular flexibility index (Phi) is 3.33. The normalized spacial score (nSPS) is 19.4. The Morgan fingerprint density at radius 1 is 1.59 bits per heavy atom. The quantitative estimate of drug-likeness (QED) is 0.850. The number of nitrogens with zero attached hydrogens (tertiary/aromatic N) is 2. The number of aromatic nitrogens is 1. The van der Waals surface area contributed by atoms with E-state index < -0.39 is 12.0 Å². The van der Waals surface area contributed by atoms with Crippen LogP contribution in [0, 0.1) is 6.92 Å². The van der Waals surface area contributed by atoms with Crippen molar-refractivity contribution in [1.29, 1.82) is 0 Å². The van der Waals surface area contributed by atoms with E-state index in [9.17, 15) is 9.59 Å². The first-order valence-corrected chi connectivity index (χ1v) is 6.29. The molecule has 1 aliphatic heterocycles. The van der Waals surface area contributed by atoms with Gasteiger partial charge in [0, 0.05) is 23.2 Å². The van der Waals surface area contributed by atoms with Crippen LogP contribution in [-0.2, 0) is 4.79 Å². The molecule has 0 bridgehead atoms. The minimum atomic E-state index is -0.950. The summed E-state index contributed by atoms with van der Waals surface area (Å²) in [5, 5.41) is 9.01. The molecule has 1 fully saturated rings. The van der Waals surface area contributed by atoms with E-state index in [0.717, 1.165) is 5.69 Å². The van der Waals surface area contributed by atoms with Gasteiger partial charge in [0.2, 0.25) is 0 Å². The lowest BCUT2D eigenvalue weighted by Crippen LogP contribution is -2.41. The summed E-state index contributed by atoms with van der Waals surface area (Å²) in [5.41, 5.74) is 1.24. The summed E-state index contributed by atoms with van der Waals surface area (Å²) in [5.74, 6) is -0.315. The second-order valence-electron chi connectivity index (χ2n) is 3.81. The fraction of sp³-hybridized carbons (Fsp3) is 0.364. The van der Waals surface area contributed by atoms with Gasteiger partial charge in [0.15, 0.2) is 0 Å². The van der Waals surface area contributed by atoms with Crippen molar-refractivity contribution in [3.63, 3.8) is 0 Å².